The fourth-order valence-corrected chi connectivity index (χ4v) is 1.79. The molecule has 3 nitrogen and oxygen atoms in total. The van der Waals surface area contributed by atoms with E-state index < -0.39 is 0 Å². The minimum Gasteiger partial charge on any atom is -0.467 e. The summed E-state index contributed by atoms with van der Waals surface area (Å²) in [4.78, 5) is 4.29. The molecule has 0 fully saturated rings. The van der Waals surface area contributed by atoms with Crippen molar-refractivity contribution in [1.29, 1.82) is 0 Å². The van der Waals surface area contributed by atoms with Crippen LogP contribution >= 0.6 is 0 Å². The van der Waals surface area contributed by atoms with Crippen LogP contribution in [-0.2, 0) is 6.54 Å². The normalized spacial score (nSPS) is 10.6. The van der Waals surface area contributed by atoms with Gasteiger partial charge in [-0.25, -0.2) is 0 Å². The van der Waals surface area contributed by atoms with Crippen LogP contribution in [0.2, 0.25) is 0 Å². The Hall–Kier alpha value is -2.29. The SMILES string of the molecule is c1coc(CNc2ccc3ncccc3c2)c1. The average molecular weight is 224 g/mol. The predicted octanol–water partition coefficient (Wildman–Crippen LogP) is 3.44. The highest BCUT2D eigenvalue weighted by Crippen LogP contribution is 2.17. The van der Waals surface area contributed by atoms with Gasteiger partial charge >= 0.3 is 0 Å². The van der Waals surface area contributed by atoms with Gasteiger partial charge in [0.1, 0.15) is 5.76 Å². The summed E-state index contributed by atoms with van der Waals surface area (Å²) >= 11 is 0. The molecule has 1 aromatic carbocycles. The number of nitrogens with one attached hydrogen (secondary N) is 1. The molecule has 0 saturated heterocycles. The monoisotopic (exact) mass is 224 g/mol. The van der Waals surface area contributed by atoms with Gasteiger partial charge in [-0.05, 0) is 36.4 Å². The topological polar surface area (TPSA) is 38.1 Å². The predicted molar refractivity (Wildman–Crippen MR) is 67.8 cm³/mol. The zero-order valence-electron chi connectivity index (χ0n) is 9.26. The molecule has 1 N–H and O–H groups in total. The van der Waals surface area contributed by atoms with Gasteiger partial charge in [-0.2, -0.15) is 0 Å². The molecule has 0 aliphatic rings. The van der Waals surface area contributed by atoms with Crippen molar-refractivity contribution >= 4 is 16.6 Å². The van der Waals surface area contributed by atoms with Crippen LogP contribution in [-0.4, -0.2) is 4.98 Å². The number of hydrogen-bond donors (Lipinski definition) is 1. The molecule has 0 aliphatic carbocycles. The first-order valence-electron chi connectivity index (χ1n) is 5.53. The largest absolute Gasteiger partial charge is 0.467 e. The van der Waals surface area contributed by atoms with Crippen molar-refractivity contribution in [2.75, 3.05) is 5.32 Å². The fourth-order valence-electron chi connectivity index (χ4n) is 1.79. The number of nitrogens with zero attached hydrogens (tertiary/aromatic N) is 1. The van der Waals surface area contributed by atoms with Gasteiger partial charge in [-0.15, -0.1) is 0 Å². The lowest BCUT2D eigenvalue weighted by Gasteiger charge is -2.05. The molecule has 0 unspecified atom stereocenters. The Bertz CT molecular complexity index is 617. The third-order valence-electron chi connectivity index (χ3n) is 2.65. The molecule has 3 aromatic rings. The summed E-state index contributed by atoms with van der Waals surface area (Å²) in [7, 11) is 0. The van der Waals surface area contributed by atoms with Gasteiger partial charge in [-0.3, -0.25) is 4.98 Å². The first kappa shape index (κ1) is 9.90. The standard InChI is InChI=1S/C14H12N2O/c1-3-11-9-12(5-6-14(11)15-7-1)16-10-13-4-2-8-17-13/h1-9,16H,10H2. The van der Waals surface area contributed by atoms with Crippen LogP contribution in [0.25, 0.3) is 10.9 Å². The molecule has 3 heteroatoms. The van der Waals surface area contributed by atoms with Crippen LogP contribution in [0, 0.1) is 0 Å². The van der Waals surface area contributed by atoms with Gasteiger partial charge in [0.15, 0.2) is 0 Å². The number of benzene rings is 1. The number of aromatic nitrogens is 1. The first-order valence-corrected chi connectivity index (χ1v) is 5.53. The number of hydrogen-bond acceptors (Lipinski definition) is 3. The van der Waals surface area contributed by atoms with Gasteiger partial charge < -0.3 is 9.73 Å². The molecule has 0 amide bonds. The van der Waals surface area contributed by atoms with Crippen LogP contribution < -0.4 is 5.32 Å². The van der Waals surface area contributed by atoms with E-state index in [0.29, 0.717) is 6.54 Å². The van der Waals surface area contributed by atoms with Gasteiger partial charge in [0.2, 0.25) is 0 Å². The zero-order valence-corrected chi connectivity index (χ0v) is 9.26. The van der Waals surface area contributed by atoms with Crippen molar-refractivity contribution in [2.45, 2.75) is 6.54 Å². The van der Waals surface area contributed by atoms with Crippen molar-refractivity contribution in [3.05, 3.63) is 60.7 Å². The van der Waals surface area contributed by atoms with Crippen LogP contribution in [0.5, 0.6) is 0 Å². The minimum atomic E-state index is 0.693. The molecule has 0 radical (unpaired) electrons. The summed E-state index contributed by atoms with van der Waals surface area (Å²) < 4.78 is 5.27. The molecule has 0 aliphatic heterocycles. The Morgan fingerprint density at radius 3 is 3.00 bits per heavy atom. The Balaban J connectivity index is 1.81. The van der Waals surface area contributed by atoms with E-state index in [2.05, 4.69) is 22.4 Å². The highest BCUT2D eigenvalue weighted by atomic mass is 16.3. The highest BCUT2D eigenvalue weighted by Gasteiger charge is 1.98. The van der Waals surface area contributed by atoms with Crippen LogP contribution in [0.4, 0.5) is 5.69 Å². The van der Waals surface area contributed by atoms with E-state index in [-0.39, 0.29) is 0 Å². The lowest BCUT2D eigenvalue weighted by atomic mass is 10.2. The fraction of sp³-hybridized carbons (Fsp3) is 0.0714. The highest BCUT2D eigenvalue weighted by molar-refractivity contribution is 5.82. The van der Waals surface area contributed by atoms with Gasteiger partial charge in [-0.1, -0.05) is 6.07 Å². The van der Waals surface area contributed by atoms with Crippen molar-refractivity contribution in [3.8, 4) is 0 Å². The second-order valence-electron chi connectivity index (χ2n) is 3.84. The Labute approximate surface area is 99.1 Å². The van der Waals surface area contributed by atoms with E-state index in [1.807, 2.05) is 30.3 Å². The van der Waals surface area contributed by atoms with E-state index in [1.54, 1.807) is 12.5 Å². The number of anilines is 1. The number of fused-ring (bicyclic) bond motifs is 1. The Kier molecular flexibility index (Phi) is 2.50. The van der Waals surface area contributed by atoms with E-state index in [9.17, 15) is 0 Å². The van der Waals surface area contributed by atoms with E-state index in [1.165, 1.54) is 0 Å². The molecule has 0 atom stereocenters. The molecule has 84 valence electrons. The van der Waals surface area contributed by atoms with Crippen LogP contribution in [0.1, 0.15) is 5.76 Å². The quantitative estimate of drug-likeness (QED) is 0.740. The summed E-state index contributed by atoms with van der Waals surface area (Å²) in [5.74, 6) is 0.927. The van der Waals surface area contributed by atoms with Gasteiger partial charge in [0.25, 0.3) is 0 Å². The molecule has 17 heavy (non-hydrogen) atoms. The van der Waals surface area contributed by atoms with Crippen molar-refractivity contribution in [3.63, 3.8) is 0 Å². The summed E-state index contributed by atoms with van der Waals surface area (Å²) in [5.41, 5.74) is 2.08. The van der Waals surface area contributed by atoms with Crippen molar-refractivity contribution < 1.29 is 4.42 Å². The summed E-state index contributed by atoms with van der Waals surface area (Å²) in [6, 6.07) is 14.0. The third-order valence-corrected chi connectivity index (χ3v) is 2.65. The Morgan fingerprint density at radius 2 is 2.12 bits per heavy atom. The van der Waals surface area contributed by atoms with Crippen molar-refractivity contribution in [2.24, 2.45) is 0 Å². The van der Waals surface area contributed by atoms with E-state index in [4.69, 9.17) is 4.42 Å². The smallest absolute Gasteiger partial charge is 0.122 e. The van der Waals surface area contributed by atoms with Gasteiger partial charge in [0.05, 0.1) is 18.3 Å². The molecule has 0 bridgehead atoms. The molecular weight excluding hydrogens is 212 g/mol. The molecule has 2 aromatic heterocycles. The second kappa shape index (κ2) is 4.29. The molecule has 3 rings (SSSR count). The second-order valence-corrected chi connectivity index (χ2v) is 3.84. The number of rotatable bonds is 3. The summed E-state index contributed by atoms with van der Waals surface area (Å²) in [5, 5.41) is 4.45. The molecule has 0 saturated carbocycles. The maximum Gasteiger partial charge on any atom is 0.122 e. The lowest BCUT2D eigenvalue weighted by molar-refractivity contribution is 0.518. The maximum absolute atomic E-state index is 5.27. The number of furan rings is 1. The third kappa shape index (κ3) is 2.13. The van der Waals surface area contributed by atoms with Crippen molar-refractivity contribution in [1.82, 2.24) is 4.98 Å². The van der Waals surface area contributed by atoms with Gasteiger partial charge in [0, 0.05) is 17.3 Å². The molecule has 0 spiro atoms. The van der Waals surface area contributed by atoms with Crippen LogP contribution in [0.15, 0.2) is 59.3 Å². The summed E-state index contributed by atoms with van der Waals surface area (Å²) in [6.07, 6.45) is 3.49. The average Bonchev–Trinajstić information content (AvgIpc) is 2.89. The van der Waals surface area contributed by atoms with Crippen LogP contribution in [0.3, 0.4) is 0 Å². The maximum atomic E-state index is 5.27. The molecule has 2 heterocycles. The minimum absolute atomic E-state index is 0.693. The Morgan fingerprint density at radius 1 is 1.12 bits per heavy atom. The summed E-state index contributed by atoms with van der Waals surface area (Å²) in [6.45, 7) is 0.693. The molecular formula is C14H12N2O. The number of pyridine rings is 1. The first-order chi connectivity index (χ1) is 8.42. The lowest BCUT2D eigenvalue weighted by Crippen LogP contribution is -1.97. The zero-order chi connectivity index (χ0) is 11.5. The van der Waals surface area contributed by atoms with E-state index in [0.717, 1.165) is 22.4 Å². The van der Waals surface area contributed by atoms with E-state index >= 15 is 0 Å².